The van der Waals surface area contributed by atoms with Crippen LogP contribution in [0.1, 0.15) is 16.1 Å². The number of nitrogens with one attached hydrogen (secondary N) is 1. The van der Waals surface area contributed by atoms with E-state index in [9.17, 15) is 4.79 Å². The lowest BCUT2D eigenvalue weighted by Crippen LogP contribution is -2.31. The molecule has 3 rings (SSSR count). The number of nitrogens with zero attached hydrogens (tertiary/aromatic N) is 2. The maximum Gasteiger partial charge on any atom is 0.270 e. The van der Waals surface area contributed by atoms with E-state index in [1.54, 1.807) is 30.6 Å². The molecule has 1 heterocycles. The molecule has 29 heavy (non-hydrogen) atoms. The summed E-state index contributed by atoms with van der Waals surface area (Å²) in [6, 6.07) is 22.3. The van der Waals surface area contributed by atoms with Crippen LogP contribution in [0.5, 0.6) is 11.5 Å². The zero-order valence-corrected chi connectivity index (χ0v) is 15.9. The number of carbonyl (C=O) groups excluding carboxylic acids is 1. The molecule has 0 saturated carbocycles. The van der Waals surface area contributed by atoms with Gasteiger partial charge in [0, 0.05) is 18.1 Å². The summed E-state index contributed by atoms with van der Waals surface area (Å²) in [5.41, 5.74) is 7.68. The fourth-order valence-corrected chi connectivity index (χ4v) is 2.62. The number of aromatic nitrogens is 1. The van der Waals surface area contributed by atoms with Crippen LogP contribution in [0.4, 0.5) is 0 Å². The Morgan fingerprint density at radius 3 is 2.55 bits per heavy atom. The molecular formula is C22H23N5O2. The zero-order valence-electron chi connectivity index (χ0n) is 15.9. The van der Waals surface area contributed by atoms with Crippen molar-refractivity contribution in [3.8, 4) is 11.5 Å². The number of benzene rings is 2. The van der Waals surface area contributed by atoms with Crippen molar-refractivity contribution in [2.24, 2.45) is 11.6 Å². The topological polar surface area (TPSA) is 107 Å². The first-order valence-electron chi connectivity index (χ1n) is 9.09. The van der Waals surface area contributed by atoms with Crippen LogP contribution >= 0.6 is 0 Å². The van der Waals surface area contributed by atoms with Gasteiger partial charge in [0.15, 0.2) is 0 Å². The molecule has 1 aromatic heterocycles. The third-order valence-corrected chi connectivity index (χ3v) is 3.92. The Morgan fingerprint density at radius 2 is 1.79 bits per heavy atom. The second kappa shape index (κ2) is 9.91. The Kier molecular flexibility index (Phi) is 6.80. The number of rotatable bonds is 8. The Hall–Kier alpha value is -3.84. The molecule has 7 heteroatoms. The van der Waals surface area contributed by atoms with Crippen LogP contribution in [0.2, 0.25) is 0 Å². The van der Waals surface area contributed by atoms with Crippen LogP contribution in [-0.2, 0) is 6.54 Å². The Bertz CT molecular complexity index is 961. The fraction of sp³-hybridized carbons (Fsp3) is 0.0909. The van der Waals surface area contributed by atoms with Crippen molar-refractivity contribution in [3.63, 3.8) is 0 Å². The number of carbonyl (C=O) groups is 1. The molecule has 1 amide bonds. The predicted octanol–water partition coefficient (Wildman–Crippen LogP) is 2.78. The van der Waals surface area contributed by atoms with Crippen LogP contribution < -0.4 is 21.6 Å². The minimum absolute atomic E-state index is 0.167. The quantitative estimate of drug-likeness (QED) is 0.404. The normalized spacial score (nSPS) is 11.0. The highest BCUT2D eigenvalue weighted by atomic mass is 16.5. The van der Waals surface area contributed by atoms with Crippen molar-refractivity contribution < 1.29 is 9.53 Å². The molecule has 0 saturated heterocycles. The van der Waals surface area contributed by atoms with Crippen molar-refractivity contribution in [1.29, 1.82) is 0 Å². The van der Waals surface area contributed by atoms with E-state index in [2.05, 4.69) is 10.3 Å². The SMILES string of the molecule is N/C(=C\N(N)Cc1cccc(Oc2ccccc2)c1)CNC(=O)c1ccccn1. The molecule has 5 N–H and O–H groups in total. The summed E-state index contributed by atoms with van der Waals surface area (Å²) in [7, 11) is 0. The van der Waals surface area contributed by atoms with Gasteiger partial charge in [0.25, 0.3) is 5.91 Å². The minimum atomic E-state index is -0.295. The van der Waals surface area contributed by atoms with Crippen molar-refractivity contribution in [1.82, 2.24) is 15.3 Å². The van der Waals surface area contributed by atoms with Gasteiger partial charge < -0.3 is 20.8 Å². The van der Waals surface area contributed by atoms with E-state index in [0.29, 0.717) is 17.9 Å². The lowest BCUT2D eigenvalue weighted by molar-refractivity contribution is 0.0951. The van der Waals surface area contributed by atoms with Gasteiger partial charge >= 0.3 is 0 Å². The third kappa shape index (κ3) is 6.37. The van der Waals surface area contributed by atoms with Crippen LogP contribution in [0.3, 0.4) is 0 Å². The molecule has 0 unspecified atom stereocenters. The van der Waals surface area contributed by atoms with E-state index in [4.69, 9.17) is 16.3 Å². The summed E-state index contributed by atoms with van der Waals surface area (Å²) >= 11 is 0. The number of amides is 1. The number of hydrazine groups is 1. The van der Waals surface area contributed by atoms with Gasteiger partial charge in [-0.15, -0.1) is 0 Å². The average Bonchev–Trinajstić information content (AvgIpc) is 2.73. The third-order valence-electron chi connectivity index (χ3n) is 3.92. The molecular weight excluding hydrogens is 366 g/mol. The first kappa shape index (κ1) is 19.9. The average molecular weight is 389 g/mol. The molecule has 0 bridgehead atoms. The van der Waals surface area contributed by atoms with E-state index < -0.39 is 0 Å². The fourth-order valence-electron chi connectivity index (χ4n) is 2.62. The van der Waals surface area contributed by atoms with Gasteiger partial charge in [-0.1, -0.05) is 36.4 Å². The van der Waals surface area contributed by atoms with Crippen LogP contribution in [0.25, 0.3) is 0 Å². The number of ether oxygens (including phenoxy) is 1. The second-order valence-corrected chi connectivity index (χ2v) is 6.34. The van der Waals surface area contributed by atoms with Gasteiger partial charge in [0.2, 0.25) is 0 Å². The Morgan fingerprint density at radius 1 is 1.03 bits per heavy atom. The highest BCUT2D eigenvalue weighted by Gasteiger charge is 2.06. The molecule has 0 spiro atoms. The van der Waals surface area contributed by atoms with Gasteiger partial charge in [-0.3, -0.25) is 9.78 Å². The Labute approximate surface area is 169 Å². The largest absolute Gasteiger partial charge is 0.457 e. The molecule has 0 aliphatic heterocycles. The minimum Gasteiger partial charge on any atom is -0.457 e. The van der Waals surface area contributed by atoms with Gasteiger partial charge in [-0.25, -0.2) is 5.84 Å². The lowest BCUT2D eigenvalue weighted by atomic mass is 10.2. The number of hydrogen-bond acceptors (Lipinski definition) is 6. The number of hydrogen-bond donors (Lipinski definition) is 3. The van der Waals surface area contributed by atoms with Crippen molar-refractivity contribution >= 4 is 5.91 Å². The number of nitrogens with two attached hydrogens (primary N) is 2. The molecule has 0 aliphatic carbocycles. The number of para-hydroxylation sites is 1. The molecule has 0 aliphatic rings. The predicted molar refractivity (Wildman–Crippen MR) is 112 cm³/mol. The van der Waals surface area contributed by atoms with Crippen LogP contribution in [-0.4, -0.2) is 22.4 Å². The van der Waals surface area contributed by atoms with Gasteiger partial charge in [-0.2, -0.15) is 0 Å². The molecule has 148 valence electrons. The smallest absolute Gasteiger partial charge is 0.270 e. The standard InChI is InChI=1S/C22H23N5O2/c23-18(14-26-22(28)21-11-4-5-12-25-21)16-27(24)15-17-7-6-10-20(13-17)29-19-8-2-1-3-9-19/h1-13,16H,14-15,23-24H2,(H,26,28)/b18-16-. The number of pyridine rings is 1. The maximum atomic E-state index is 12.0. The summed E-state index contributed by atoms with van der Waals surface area (Å²) in [5.74, 6) is 7.23. The molecule has 2 aromatic carbocycles. The zero-order chi connectivity index (χ0) is 20.5. The highest BCUT2D eigenvalue weighted by Crippen LogP contribution is 2.22. The molecule has 0 fully saturated rings. The van der Waals surface area contributed by atoms with E-state index in [0.717, 1.165) is 17.1 Å². The molecule has 3 aromatic rings. The summed E-state index contributed by atoms with van der Waals surface area (Å²) < 4.78 is 5.84. The monoisotopic (exact) mass is 389 g/mol. The van der Waals surface area contributed by atoms with E-state index >= 15 is 0 Å². The van der Waals surface area contributed by atoms with Crippen LogP contribution in [0.15, 0.2) is 90.9 Å². The summed E-state index contributed by atoms with van der Waals surface area (Å²) in [6.45, 7) is 0.598. The van der Waals surface area contributed by atoms with Gasteiger partial charge in [-0.05, 0) is 42.0 Å². The van der Waals surface area contributed by atoms with E-state index in [1.807, 2.05) is 54.6 Å². The van der Waals surface area contributed by atoms with Crippen molar-refractivity contribution in [3.05, 3.63) is 102 Å². The van der Waals surface area contributed by atoms with E-state index in [1.165, 1.54) is 5.01 Å². The summed E-state index contributed by atoms with van der Waals surface area (Å²) in [5, 5.41) is 4.17. The van der Waals surface area contributed by atoms with Crippen LogP contribution in [0, 0.1) is 0 Å². The molecule has 0 radical (unpaired) electrons. The first-order valence-corrected chi connectivity index (χ1v) is 9.09. The van der Waals surface area contributed by atoms with Crippen molar-refractivity contribution in [2.45, 2.75) is 6.54 Å². The van der Waals surface area contributed by atoms with Gasteiger partial charge in [0.1, 0.15) is 17.2 Å². The van der Waals surface area contributed by atoms with Gasteiger partial charge in [0.05, 0.1) is 13.1 Å². The highest BCUT2D eigenvalue weighted by molar-refractivity contribution is 5.92. The lowest BCUT2D eigenvalue weighted by Gasteiger charge is -2.16. The molecule has 0 atom stereocenters. The second-order valence-electron chi connectivity index (χ2n) is 6.34. The first-order chi connectivity index (χ1) is 14.1. The Balaban J connectivity index is 1.53. The molecule has 7 nitrogen and oxygen atoms in total. The summed E-state index contributed by atoms with van der Waals surface area (Å²) in [4.78, 5) is 16.0. The van der Waals surface area contributed by atoms with E-state index in [-0.39, 0.29) is 12.5 Å². The maximum absolute atomic E-state index is 12.0. The van der Waals surface area contributed by atoms with Crippen molar-refractivity contribution in [2.75, 3.05) is 6.54 Å². The summed E-state index contributed by atoms with van der Waals surface area (Å²) in [6.07, 6.45) is 3.15.